The largest absolute Gasteiger partial charge is 0.506 e. The SMILES string of the molecule is Nc1cccc2ccc(O)c(N=Nc3cc(Cl)ccc3O)c12. The summed E-state index contributed by atoms with van der Waals surface area (Å²) in [4.78, 5) is 0. The van der Waals surface area contributed by atoms with E-state index in [9.17, 15) is 10.2 Å². The molecule has 0 saturated carbocycles. The molecule has 0 spiro atoms. The zero-order valence-electron chi connectivity index (χ0n) is 11.4. The minimum atomic E-state index is -0.0548. The quantitative estimate of drug-likeness (QED) is 0.464. The van der Waals surface area contributed by atoms with Crippen LogP contribution < -0.4 is 5.73 Å². The van der Waals surface area contributed by atoms with Gasteiger partial charge in [0, 0.05) is 16.1 Å². The van der Waals surface area contributed by atoms with E-state index < -0.39 is 0 Å². The van der Waals surface area contributed by atoms with E-state index in [0.29, 0.717) is 16.1 Å². The predicted molar refractivity (Wildman–Crippen MR) is 87.3 cm³/mol. The van der Waals surface area contributed by atoms with E-state index in [-0.39, 0.29) is 22.9 Å². The average molecular weight is 314 g/mol. The van der Waals surface area contributed by atoms with E-state index in [1.807, 2.05) is 12.1 Å². The number of nitrogens with zero attached hydrogens (tertiary/aromatic N) is 2. The molecule has 0 amide bonds. The molecule has 0 aliphatic heterocycles. The van der Waals surface area contributed by atoms with E-state index in [4.69, 9.17) is 17.3 Å². The van der Waals surface area contributed by atoms with Crippen LogP contribution in [0.3, 0.4) is 0 Å². The first-order chi connectivity index (χ1) is 10.6. The van der Waals surface area contributed by atoms with Crippen LogP contribution in [0.25, 0.3) is 10.8 Å². The van der Waals surface area contributed by atoms with Gasteiger partial charge in [-0.1, -0.05) is 29.8 Å². The van der Waals surface area contributed by atoms with Gasteiger partial charge < -0.3 is 15.9 Å². The van der Waals surface area contributed by atoms with Crippen LogP contribution in [0.2, 0.25) is 5.02 Å². The Balaban J connectivity index is 2.16. The Labute approximate surface area is 131 Å². The van der Waals surface area contributed by atoms with Crippen molar-refractivity contribution >= 4 is 39.4 Å². The number of nitrogen functional groups attached to an aromatic ring is 1. The predicted octanol–water partition coefficient (Wildman–Crippen LogP) is 4.90. The highest BCUT2D eigenvalue weighted by atomic mass is 35.5. The number of azo groups is 1. The molecule has 0 aromatic heterocycles. The van der Waals surface area contributed by atoms with Gasteiger partial charge in [0.15, 0.2) is 0 Å². The highest BCUT2D eigenvalue weighted by molar-refractivity contribution is 6.30. The molecule has 0 radical (unpaired) electrons. The first-order valence-corrected chi connectivity index (χ1v) is 6.84. The summed E-state index contributed by atoms with van der Waals surface area (Å²) in [7, 11) is 0. The van der Waals surface area contributed by atoms with Crippen LogP contribution in [0.1, 0.15) is 0 Å². The van der Waals surface area contributed by atoms with Crippen LogP contribution in [0.5, 0.6) is 11.5 Å². The average Bonchev–Trinajstić information content (AvgIpc) is 2.50. The summed E-state index contributed by atoms with van der Waals surface area (Å²) >= 11 is 5.87. The fourth-order valence-electron chi connectivity index (χ4n) is 2.16. The zero-order chi connectivity index (χ0) is 15.7. The maximum absolute atomic E-state index is 10.0. The number of phenolic OH excluding ortho intramolecular Hbond substituents is 2. The summed E-state index contributed by atoms with van der Waals surface area (Å²) in [5.41, 5.74) is 6.90. The maximum atomic E-state index is 10.0. The van der Waals surface area contributed by atoms with Crippen LogP contribution in [0, 0.1) is 0 Å². The molecule has 3 rings (SSSR count). The number of benzene rings is 3. The molecule has 0 aliphatic carbocycles. The van der Waals surface area contributed by atoms with E-state index in [1.165, 1.54) is 18.2 Å². The second-order valence-corrected chi connectivity index (χ2v) is 5.15. The van der Waals surface area contributed by atoms with Gasteiger partial charge in [-0.2, -0.15) is 0 Å². The Hall–Kier alpha value is -2.79. The Morgan fingerprint density at radius 2 is 1.68 bits per heavy atom. The van der Waals surface area contributed by atoms with Gasteiger partial charge in [-0.15, -0.1) is 10.2 Å². The highest BCUT2D eigenvalue weighted by Crippen LogP contribution is 2.40. The van der Waals surface area contributed by atoms with Gasteiger partial charge in [-0.3, -0.25) is 0 Å². The summed E-state index contributed by atoms with van der Waals surface area (Å²) in [5.74, 6) is -0.100. The molecule has 0 fully saturated rings. The lowest BCUT2D eigenvalue weighted by Crippen LogP contribution is -1.86. The molecule has 3 aromatic carbocycles. The van der Waals surface area contributed by atoms with Gasteiger partial charge in [0.25, 0.3) is 0 Å². The van der Waals surface area contributed by atoms with Crippen LogP contribution in [0.4, 0.5) is 17.1 Å². The Bertz CT molecular complexity index is 894. The third-order valence-corrected chi connectivity index (χ3v) is 3.46. The maximum Gasteiger partial charge on any atom is 0.143 e. The molecule has 110 valence electrons. The number of aromatic hydroxyl groups is 2. The van der Waals surface area contributed by atoms with Crippen molar-refractivity contribution in [1.29, 1.82) is 0 Å². The van der Waals surface area contributed by atoms with Crippen molar-refractivity contribution in [3.05, 3.63) is 53.6 Å². The first-order valence-electron chi connectivity index (χ1n) is 6.46. The molecule has 3 aromatic rings. The smallest absolute Gasteiger partial charge is 0.143 e. The molecule has 4 N–H and O–H groups in total. The molecular formula is C16H12ClN3O2. The summed E-state index contributed by atoms with van der Waals surface area (Å²) in [6, 6.07) is 13.1. The van der Waals surface area contributed by atoms with Crippen molar-refractivity contribution in [3.8, 4) is 11.5 Å². The molecule has 0 bridgehead atoms. The van der Waals surface area contributed by atoms with Gasteiger partial charge in [-0.05, 0) is 35.7 Å². The van der Waals surface area contributed by atoms with Crippen molar-refractivity contribution in [1.82, 2.24) is 0 Å². The van der Waals surface area contributed by atoms with E-state index in [1.54, 1.807) is 18.2 Å². The number of anilines is 1. The van der Waals surface area contributed by atoms with Crippen molar-refractivity contribution < 1.29 is 10.2 Å². The topological polar surface area (TPSA) is 91.2 Å². The summed E-state index contributed by atoms with van der Waals surface area (Å²) in [6.45, 7) is 0. The van der Waals surface area contributed by atoms with Gasteiger partial charge in [0.05, 0.1) is 0 Å². The molecular weight excluding hydrogens is 302 g/mol. The minimum Gasteiger partial charge on any atom is -0.506 e. The third-order valence-electron chi connectivity index (χ3n) is 3.22. The Morgan fingerprint density at radius 3 is 2.50 bits per heavy atom. The molecule has 5 nitrogen and oxygen atoms in total. The Kier molecular flexibility index (Phi) is 3.56. The lowest BCUT2D eigenvalue weighted by Gasteiger charge is -2.06. The normalized spacial score (nSPS) is 11.3. The lowest BCUT2D eigenvalue weighted by atomic mass is 10.1. The van der Waals surface area contributed by atoms with Crippen LogP contribution >= 0.6 is 11.6 Å². The van der Waals surface area contributed by atoms with E-state index in [0.717, 1.165) is 5.39 Å². The summed E-state index contributed by atoms with van der Waals surface area (Å²) in [6.07, 6.45) is 0. The standard InChI is InChI=1S/C16H12ClN3O2/c17-10-5-7-13(21)12(8-10)19-20-16-14(22)6-4-9-2-1-3-11(18)15(9)16/h1-8,21-22H,18H2. The lowest BCUT2D eigenvalue weighted by molar-refractivity contribution is 0.474. The van der Waals surface area contributed by atoms with Crippen LogP contribution in [-0.2, 0) is 0 Å². The highest BCUT2D eigenvalue weighted by Gasteiger charge is 2.10. The van der Waals surface area contributed by atoms with E-state index >= 15 is 0 Å². The number of fused-ring (bicyclic) bond motifs is 1. The monoisotopic (exact) mass is 313 g/mol. The third kappa shape index (κ3) is 2.54. The van der Waals surface area contributed by atoms with Gasteiger partial charge in [0.2, 0.25) is 0 Å². The molecule has 0 aliphatic rings. The van der Waals surface area contributed by atoms with Crippen LogP contribution in [-0.4, -0.2) is 10.2 Å². The fraction of sp³-hybridized carbons (Fsp3) is 0. The summed E-state index contributed by atoms with van der Waals surface area (Å²) in [5, 5.41) is 29.7. The minimum absolute atomic E-state index is 0.0457. The fourth-order valence-corrected chi connectivity index (χ4v) is 2.32. The zero-order valence-corrected chi connectivity index (χ0v) is 12.1. The van der Waals surface area contributed by atoms with E-state index in [2.05, 4.69) is 10.2 Å². The molecule has 22 heavy (non-hydrogen) atoms. The number of nitrogens with two attached hydrogens (primary N) is 1. The summed E-state index contributed by atoms with van der Waals surface area (Å²) < 4.78 is 0. The molecule has 0 atom stereocenters. The van der Waals surface area contributed by atoms with Crippen molar-refractivity contribution in [2.75, 3.05) is 5.73 Å². The number of phenols is 2. The van der Waals surface area contributed by atoms with Gasteiger partial charge >= 0.3 is 0 Å². The van der Waals surface area contributed by atoms with Crippen molar-refractivity contribution in [3.63, 3.8) is 0 Å². The molecule has 0 saturated heterocycles. The molecule has 6 heteroatoms. The van der Waals surface area contributed by atoms with Gasteiger partial charge in [-0.25, -0.2) is 0 Å². The number of hydrogen-bond acceptors (Lipinski definition) is 5. The number of hydrogen-bond donors (Lipinski definition) is 3. The molecule has 0 heterocycles. The molecule has 0 unspecified atom stereocenters. The Morgan fingerprint density at radius 1 is 0.909 bits per heavy atom. The second kappa shape index (κ2) is 5.54. The second-order valence-electron chi connectivity index (χ2n) is 4.71. The van der Waals surface area contributed by atoms with Gasteiger partial charge in [0.1, 0.15) is 22.9 Å². The number of halogens is 1. The van der Waals surface area contributed by atoms with Crippen LogP contribution in [0.15, 0.2) is 58.8 Å². The van der Waals surface area contributed by atoms with Crippen molar-refractivity contribution in [2.24, 2.45) is 10.2 Å². The first kappa shape index (κ1) is 14.2. The number of rotatable bonds is 2. The van der Waals surface area contributed by atoms with Crippen molar-refractivity contribution in [2.45, 2.75) is 0 Å².